The van der Waals surface area contributed by atoms with Crippen LogP contribution in [0.2, 0.25) is 0 Å². The molecule has 0 radical (unpaired) electrons. The monoisotopic (exact) mass is 208 g/mol. The van der Waals surface area contributed by atoms with Gasteiger partial charge in [-0.2, -0.15) is 0 Å². The first-order valence-corrected chi connectivity index (χ1v) is 5.86. The highest BCUT2D eigenvalue weighted by Gasteiger charge is 2.17. The van der Waals surface area contributed by atoms with Gasteiger partial charge in [0.1, 0.15) is 5.76 Å². The first kappa shape index (κ1) is 10.7. The largest absolute Gasteiger partial charge is 0.468 e. The molecule has 0 amide bonds. The fourth-order valence-corrected chi connectivity index (χ4v) is 2.15. The number of hydrogen-bond donors (Lipinski definition) is 1. The molecule has 1 saturated heterocycles. The van der Waals surface area contributed by atoms with Crippen molar-refractivity contribution in [1.29, 1.82) is 0 Å². The first-order chi connectivity index (χ1) is 7.38. The molecule has 0 aliphatic carbocycles. The third-order valence-corrected chi connectivity index (χ3v) is 3.05. The molecule has 1 N–H and O–H groups in total. The zero-order valence-electron chi connectivity index (χ0n) is 9.41. The lowest BCUT2D eigenvalue weighted by Crippen LogP contribution is -2.37. The van der Waals surface area contributed by atoms with Crippen LogP contribution in [0.1, 0.15) is 25.5 Å². The number of rotatable bonds is 5. The molecule has 1 aliphatic heterocycles. The van der Waals surface area contributed by atoms with Crippen LogP contribution in [0, 0.1) is 0 Å². The Morgan fingerprint density at radius 3 is 3.13 bits per heavy atom. The summed E-state index contributed by atoms with van der Waals surface area (Å²) in [5.41, 5.74) is 0. The van der Waals surface area contributed by atoms with Gasteiger partial charge in [-0.05, 0) is 38.1 Å². The molecule has 15 heavy (non-hydrogen) atoms. The second-order valence-electron chi connectivity index (χ2n) is 4.20. The molecule has 1 atom stereocenters. The van der Waals surface area contributed by atoms with E-state index < -0.39 is 0 Å². The SMILES string of the molecule is CCN(Cc1ccco1)C[C@H]1CCCN1. The Kier molecular flexibility index (Phi) is 3.80. The minimum absolute atomic E-state index is 0.680. The number of nitrogens with one attached hydrogen (secondary N) is 1. The maximum Gasteiger partial charge on any atom is 0.117 e. The van der Waals surface area contributed by atoms with Crippen LogP contribution in [-0.2, 0) is 6.54 Å². The molecule has 0 unspecified atom stereocenters. The molecular formula is C12H20N2O. The average Bonchev–Trinajstić information content (AvgIpc) is 2.89. The van der Waals surface area contributed by atoms with E-state index in [9.17, 15) is 0 Å². The topological polar surface area (TPSA) is 28.4 Å². The molecule has 2 rings (SSSR count). The highest BCUT2D eigenvalue weighted by molar-refractivity contribution is 4.98. The van der Waals surface area contributed by atoms with Crippen molar-refractivity contribution in [3.8, 4) is 0 Å². The second kappa shape index (κ2) is 5.33. The van der Waals surface area contributed by atoms with E-state index in [4.69, 9.17) is 4.42 Å². The highest BCUT2D eigenvalue weighted by atomic mass is 16.3. The molecule has 0 saturated carbocycles. The van der Waals surface area contributed by atoms with Crippen molar-refractivity contribution in [1.82, 2.24) is 10.2 Å². The predicted octanol–water partition coefficient (Wildman–Crippen LogP) is 1.85. The molecule has 3 nitrogen and oxygen atoms in total. The van der Waals surface area contributed by atoms with Crippen molar-refractivity contribution >= 4 is 0 Å². The molecule has 1 aliphatic rings. The normalized spacial score (nSPS) is 21.3. The lowest BCUT2D eigenvalue weighted by molar-refractivity contribution is 0.234. The van der Waals surface area contributed by atoms with Gasteiger partial charge in [-0.25, -0.2) is 0 Å². The van der Waals surface area contributed by atoms with Gasteiger partial charge in [-0.1, -0.05) is 6.92 Å². The van der Waals surface area contributed by atoms with Gasteiger partial charge in [0.05, 0.1) is 12.8 Å². The third kappa shape index (κ3) is 3.08. The van der Waals surface area contributed by atoms with Crippen LogP contribution in [0.25, 0.3) is 0 Å². The molecule has 1 aromatic rings. The van der Waals surface area contributed by atoms with E-state index in [1.165, 1.54) is 19.4 Å². The zero-order valence-corrected chi connectivity index (χ0v) is 9.41. The summed E-state index contributed by atoms with van der Waals surface area (Å²) in [6.07, 6.45) is 4.38. The molecule has 1 fully saturated rings. The van der Waals surface area contributed by atoms with Gasteiger partial charge in [0, 0.05) is 12.6 Å². The standard InChI is InChI=1S/C12H20N2O/c1-2-14(9-11-5-3-7-13-11)10-12-6-4-8-15-12/h4,6,8,11,13H,2-3,5,7,9-10H2,1H3/t11-/m1/s1. The van der Waals surface area contributed by atoms with Gasteiger partial charge in [0.25, 0.3) is 0 Å². The second-order valence-corrected chi connectivity index (χ2v) is 4.20. The Morgan fingerprint density at radius 1 is 1.60 bits per heavy atom. The van der Waals surface area contributed by atoms with E-state index in [0.717, 1.165) is 25.4 Å². The molecule has 0 bridgehead atoms. The van der Waals surface area contributed by atoms with E-state index in [1.807, 2.05) is 12.1 Å². The number of hydrogen-bond acceptors (Lipinski definition) is 3. The van der Waals surface area contributed by atoms with Crippen LogP contribution in [0.3, 0.4) is 0 Å². The molecule has 84 valence electrons. The van der Waals surface area contributed by atoms with Crippen LogP contribution in [-0.4, -0.2) is 30.6 Å². The molecule has 0 aromatic carbocycles. The number of likely N-dealkylation sites (N-methyl/N-ethyl adjacent to an activating group) is 1. The van der Waals surface area contributed by atoms with Gasteiger partial charge in [-0.15, -0.1) is 0 Å². The lowest BCUT2D eigenvalue weighted by atomic mass is 10.2. The van der Waals surface area contributed by atoms with Gasteiger partial charge in [0.2, 0.25) is 0 Å². The van der Waals surface area contributed by atoms with E-state index in [0.29, 0.717) is 6.04 Å². The number of furan rings is 1. The highest BCUT2D eigenvalue weighted by Crippen LogP contribution is 2.10. The summed E-state index contributed by atoms with van der Waals surface area (Å²) in [5, 5.41) is 3.53. The summed E-state index contributed by atoms with van der Waals surface area (Å²) in [5.74, 6) is 1.06. The fourth-order valence-electron chi connectivity index (χ4n) is 2.15. The Bertz CT molecular complexity index is 265. The summed E-state index contributed by atoms with van der Waals surface area (Å²) in [4.78, 5) is 2.43. The van der Waals surface area contributed by atoms with Gasteiger partial charge in [0.15, 0.2) is 0 Å². The quantitative estimate of drug-likeness (QED) is 0.800. The van der Waals surface area contributed by atoms with Crippen LogP contribution in [0.15, 0.2) is 22.8 Å². The Labute approximate surface area is 91.4 Å². The fraction of sp³-hybridized carbons (Fsp3) is 0.667. The van der Waals surface area contributed by atoms with Crippen molar-refractivity contribution in [2.24, 2.45) is 0 Å². The summed E-state index contributed by atoms with van der Waals surface area (Å²) >= 11 is 0. The van der Waals surface area contributed by atoms with E-state index in [-0.39, 0.29) is 0 Å². The van der Waals surface area contributed by atoms with Crippen molar-refractivity contribution in [2.45, 2.75) is 32.4 Å². The maximum absolute atomic E-state index is 5.37. The van der Waals surface area contributed by atoms with Gasteiger partial charge < -0.3 is 9.73 Å². The van der Waals surface area contributed by atoms with E-state index >= 15 is 0 Å². The summed E-state index contributed by atoms with van der Waals surface area (Å²) in [6, 6.07) is 4.68. The Hall–Kier alpha value is -0.800. The average molecular weight is 208 g/mol. The summed E-state index contributed by atoms with van der Waals surface area (Å²) in [6.45, 7) is 6.54. The van der Waals surface area contributed by atoms with Crippen molar-refractivity contribution in [3.63, 3.8) is 0 Å². The minimum Gasteiger partial charge on any atom is -0.468 e. The lowest BCUT2D eigenvalue weighted by Gasteiger charge is -2.23. The van der Waals surface area contributed by atoms with Crippen LogP contribution in [0.4, 0.5) is 0 Å². The minimum atomic E-state index is 0.680. The third-order valence-electron chi connectivity index (χ3n) is 3.05. The van der Waals surface area contributed by atoms with Crippen molar-refractivity contribution < 1.29 is 4.42 Å². The first-order valence-electron chi connectivity index (χ1n) is 5.86. The summed E-state index contributed by atoms with van der Waals surface area (Å²) < 4.78 is 5.37. The summed E-state index contributed by atoms with van der Waals surface area (Å²) in [7, 11) is 0. The van der Waals surface area contributed by atoms with Crippen molar-refractivity contribution in [3.05, 3.63) is 24.2 Å². The van der Waals surface area contributed by atoms with Crippen LogP contribution < -0.4 is 5.32 Å². The molecule has 3 heteroatoms. The van der Waals surface area contributed by atoms with Crippen LogP contribution in [0.5, 0.6) is 0 Å². The van der Waals surface area contributed by atoms with E-state index in [1.54, 1.807) is 6.26 Å². The maximum atomic E-state index is 5.37. The van der Waals surface area contributed by atoms with Gasteiger partial charge in [-0.3, -0.25) is 4.90 Å². The molecule has 1 aromatic heterocycles. The van der Waals surface area contributed by atoms with Crippen molar-refractivity contribution in [2.75, 3.05) is 19.6 Å². The van der Waals surface area contributed by atoms with Gasteiger partial charge >= 0.3 is 0 Å². The predicted molar refractivity (Wildman–Crippen MR) is 60.7 cm³/mol. The number of nitrogens with zero attached hydrogens (tertiary/aromatic N) is 1. The zero-order chi connectivity index (χ0) is 10.5. The molecular weight excluding hydrogens is 188 g/mol. The Morgan fingerprint density at radius 2 is 2.53 bits per heavy atom. The Balaban J connectivity index is 1.81. The van der Waals surface area contributed by atoms with Crippen LogP contribution >= 0.6 is 0 Å². The smallest absolute Gasteiger partial charge is 0.117 e. The molecule has 2 heterocycles. The molecule has 0 spiro atoms. The van der Waals surface area contributed by atoms with E-state index in [2.05, 4.69) is 17.1 Å².